The van der Waals surface area contributed by atoms with E-state index in [0.717, 1.165) is 18.7 Å². The molecule has 0 aliphatic rings. The summed E-state index contributed by atoms with van der Waals surface area (Å²) in [7, 11) is 3.28. The average molecular weight is 304 g/mol. The monoisotopic (exact) mass is 304 g/mol. The molecular formula is C16H20N2O4. The molecule has 0 bridgehead atoms. The lowest BCUT2D eigenvalue weighted by Gasteiger charge is -2.14. The van der Waals surface area contributed by atoms with Gasteiger partial charge in [-0.2, -0.15) is 0 Å². The maximum Gasteiger partial charge on any atom is 0.360 e. The molecule has 0 saturated heterocycles. The van der Waals surface area contributed by atoms with Crippen LogP contribution in [0.2, 0.25) is 0 Å². The van der Waals surface area contributed by atoms with Crippen LogP contribution >= 0.6 is 0 Å². The Morgan fingerprint density at radius 2 is 2.09 bits per heavy atom. The smallest absolute Gasteiger partial charge is 0.360 e. The van der Waals surface area contributed by atoms with Gasteiger partial charge in [-0.3, -0.25) is 4.90 Å². The van der Waals surface area contributed by atoms with Crippen molar-refractivity contribution in [1.82, 2.24) is 9.88 Å². The lowest BCUT2D eigenvalue weighted by Crippen LogP contribution is -2.21. The number of rotatable bonds is 8. The number of oxazole rings is 1. The molecule has 0 N–H and O–H groups in total. The third kappa shape index (κ3) is 4.89. The van der Waals surface area contributed by atoms with Gasteiger partial charge in [0.2, 0.25) is 5.89 Å². The standard InChI is InChI=1S/C16H20N2O4/c1-18(9-6-10-21-13-7-4-3-5-8-13)11-15-17-14(12-22-15)16(19)20-2/h3-5,7-8,12H,6,9-11H2,1-2H3. The second-order valence-electron chi connectivity index (χ2n) is 4.87. The van der Waals surface area contributed by atoms with Gasteiger partial charge in [-0.1, -0.05) is 18.2 Å². The number of nitrogens with zero attached hydrogens (tertiary/aromatic N) is 2. The van der Waals surface area contributed by atoms with Crippen molar-refractivity contribution >= 4 is 5.97 Å². The Hall–Kier alpha value is -2.34. The Kier molecular flexibility index (Phi) is 5.97. The minimum absolute atomic E-state index is 0.193. The van der Waals surface area contributed by atoms with Crippen molar-refractivity contribution in [1.29, 1.82) is 0 Å². The van der Waals surface area contributed by atoms with Crippen LogP contribution in [0.4, 0.5) is 0 Å². The van der Waals surface area contributed by atoms with Crippen molar-refractivity contribution in [3.63, 3.8) is 0 Å². The third-order valence-electron chi connectivity index (χ3n) is 3.05. The van der Waals surface area contributed by atoms with E-state index >= 15 is 0 Å². The molecule has 0 fully saturated rings. The largest absolute Gasteiger partial charge is 0.494 e. The Morgan fingerprint density at radius 1 is 1.32 bits per heavy atom. The number of methoxy groups -OCH3 is 1. The molecule has 0 unspecified atom stereocenters. The number of hydrogen-bond acceptors (Lipinski definition) is 6. The first kappa shape index (κ1) is 16.0. The van der Waals surface area contributed by atoms with Gasteiger partial charge in [0, 0.05) is 6.54 Å². The second-order valence-corrected chi connectivity index (χ2v) is 4.87. The molecular weight excluding hydrogens is 284 g/mol. The second kappa shape index (κ2) is 8.19. The molecule has 0 aliphatic heterocycles. The van der Waals surface area contributed by atoms with E-state index in [0.29, 0.717) is 19.0 Å². The quantitative estimate of drug-likeness (QED) is 0.551. The highest BCUT2D eigenvalue weighted by Gasteiger charge is 2.13. The Bertz CT molecular complexity index is 583. The number of benzene rings is 1. The number of hydrogen-bond donors (Lipinski definition) is 0. The highest BCUT2D eigenvalue weighted by molar-refractivity contribution is 5.86. The Morgan fingerprint density at radius 3 is 2.82 bits per heavy atom. The number of aromatic nitrogens is 1. The van der Waals surface area contributed by atoms with E-state index in [1.54, 1.807) is 0 Å². The number of carbonyl (C=O) groups is 1. The molecule has 0 spiro atoms. The molecule has 1 aromatic heterocycles. The molecule has 0 atom stereocenters. The van der Waals surface area contributed by atoms with E-state index in [9.17, 15) is 4.79 Å². The van der Waals surface area contributed by atoms with Crippen LogP contribution in [-0.4, -0.2) is 43.2 Å². The van der Waals surface area contributed by atoms with Crippen LogP contribution in [-0.2, 0) is 11.3 Å². The number of para-hydroxylation sites is 1. The fourth-order valence-electron chi connectivity index (χ4n) is 1.93. The third-order valence-corrected chi connectivity index (χ3v) is 3.05. The summed E-state index contributed by atoms with van der Waals surface area (Å²) in [5, 5.41) is 0. The van der Waals surface area contributed by atoms with Crippen LogP contribution in [0.5, 0.6) is 5.75 Å². The Labute approximate surface area is 129 Å². The molecule has 2 rings (SSSR count). The van der Waals surface area contributed by atoms with Crippen LogP contribution in [0.15, 0.2) is 41.0 Å². The first-order valence-electron chi connectivity index (χ1n) is 7.08. The maximum atomic E-state index is 11.3. The molecule has 6 heteroatoms. The summed E-state index contributed by atoms with van der Waals surface area (Å²) < 4.78 is 15.5. The van der Waals surface area contributed by atoms with E-state index in [1.807, 2.05) is 37.4 Å². The lowest BCUT2D eigenvalue weighted by atomic mass is 10.3. The normalized spacial score (nSPS) is 10.7. The fraction of sp³-hybridized carbons (Fsp3) is 0.375. The Balaban J connectivity index is 1.68. The minimum Gasteiger partial charge on any atom is -0.494 e. The van der Waals surface area contributed by atoms with Crippen LogP contribution in [0.25, 0.3) is 0 Å². The van der Waals surface area contributed by atoms with Crippen molar-refractivity contribution < 1.29 is 18.7 Å². The van der Waals surface area contributed by atoms with Crippen molar-refractivity contribution in [2.75, 3.05) is 27.3 Å². The van der Waals surface area contributed by atoms with Gasteiger partial charge in [0.05, 0.1) is 20.3 Å². The lowest BCUT2D eigenvalue weighted by molar-refractivity contribution is 0.0594. The molecule has 0 radical (unpaired) electrons. The molecule has 1 heterocycles. The van der Waals surface area contributed by atoms with E-state index in [1.165, 1.54) is 13.4 Å². The zero-order chi connectivity index (χ0) is 15.8. The van der Waals surface area contributed by atoms with Gasteiger partial charge in [-0.25, -0.2) is 9.78 Å². The van der Waals surface area contributed by atoms with E-state index in [2.05, 4.69) is 14.6 Å². The topological polar surface area (TPSA) is 64.8 Å². The summed E-state index contributed by atoms with van der Waals surface area (Å²) in [6.07, 6.45) is 2.20. The molecule has 0 saturated carbocycles. The van der Waals surface area contributed by atoms with E-state index < -0.39 is 5.97 Å². The fourth-order valence-corrected chi connectivity index (χ4v) is 1.93. The first-order chi connectivity index (χ1) is 10.7. The molecule has 2 aromatic rings. The number of ether oxygens (including phenoxy) is 2. The highest BCUT2D eigenvalue weighted by Crippen LogP contribution is 2.09. The first-order valence-corrected chi connectivity index (χ1v) is 7.08. The van der Waals surface area contributed by atoms with E-state index in [-0.39, 0.29) is 5.69 Å². The predicted octanol–water partition coefficient (Wildman–Crippen LogP) is 2.36. The number of esters is 1. The van der Waals surface area contributed by atoms with Crippen LogP contribution in [0.1, 0.15) is 22.8 Å². The summed E-state index contributed by atoms with van der Waals surface area (Å²) >= 11 is 0. The molecule has 1 aromatic carbocycles. The van der Waals surface area contributed by atoms with Crippen molar-refractivity contribution in [2.45, 2.75) is 13.0 Å². The molecule has 0 aliphatic carbocycles. The SMILES string of the molecule is COC(=O)c1coc(CN(C)CCCOc2ccccc2)n1. The van der Waals surface area contributed by atoms with Crippen LogP contribution in [0.3, 0.4) is 0 Å². The zero-order valence-corrected chi connectivity index (χ0v) is 12.8. The zero-order valence-electron chi connectivity index (χ0n) is 12.8. The van der Waals surface area contributed by atoms with Gasteiger partial charge in [-0.05, 0) is 25.6 Å². The van der Waals surface area contributed by atoms with Gasteiger partial charge in [0.25, 0.3) is 0 Å². The van der Waals surface area contributed by atoms with Crippen molar-refractivity contribution in [2.24, 2.45) is 0 Å². The number of carbonyl (C=O) groups excluding carboxylic acids is 1. The van der Waals surface area contributed by atoms with Crippen LogP contribution < -0.4 is 4.74 Å². The molecule has 6 nitrogen and oxygen atoms in total. The van der Waals surface area contributed by atoms with Gasteiger partial charge >= 0.3 is 5.97 Å². The van der Waals surface area contributed by atoms with Gasteiger partial charge in [0.1, 0.15) is 12.0 Å². The van der Waals surface area contributed by atoms with Gasteiger partial charge in [-0.15, -0.1) is 0 Å². The van der Waals surface area contributed by atoms with Crippen molar-refractivity contribution in [3.05, 3.63) is 48.2 Å². The summed E-state index contributed by atoms with van der Waals surface area (Å²) in [4.78, 5) is 17.4. The molecule has 118 valence electrons. The van der Waals surface area contributed by atoms with Gasteiger partial charge < -0.3 is 13.9 Å². The summed E-state index contributed by atoms with van der Waals surface area (Å²) in [5.74, 6) is 0.876. The average Bonchev–Trinajstić information content (AvgIpc) is 3.00. The predicted molar refractivity (Wildman–Crippen MR) is 80.7 cm³/mol. The molecule has 22 heavy (non-hydrogen) atoms. The summed E-state index contributed by atoms with van der Waals surface area (Å²) in [6.45, 7) is 2.01. The highest BCUT2D eigenvalue weighted by atomic mass is 16.5. The summed E-state index contributed by atoms with van der Waals surface area (Å²) in [6, 6.07) is 9.72. The summed E-state index contributed by atoms with van der Waals surface area (Å²) in [5.41, 5.74) is 0.193. The molecule has 0 amide bonds. The minimum atomic E-state index is -0.492. The van der Waals surface area contributed by atoms with E-state index in [4.69, 9.17) is 9.15 Å². The maximum absolute atomic E-state index is 11.3. The van der Waals surface area contributed by atoms with Crippen LogP contribution in [0, 0.1) is 0 Å². The van der Waals surface area contributed by atoms with Gasteiger partial charge in [0.15, 0.2) is 5.69 Å². The van der Waals surface area contributed by atoms with Crippen molar-refractivity contribution in [3.8, 4) is 5.75 Å².